The number of hydrogen-bond donors (Lipinski definition) is 1. The average molecular weight is 239 g/mol. The molecule has 2 atom stereocenters. The van der Waals surface area contributed by atoms with Crippen molar-refractivity contribution in [3.05, 3.63) is 35.9 Å². The molecule has 0 aliphatic heterocycles. The summed E-state index contributed by atoms with van der Waals surface area (Å²) in [6.45, 7) is 3.14. The van der Waals surface area contributed by atoms with Crippen LogP contribution in [0.4, 0.5) is 0 Å². The maximum absolute atomic E-state index is 10.9. The molecule has 0 aliphatic carbocycles. The van der Waals surface area contributed by atoms with E-state index in [1.807, 2.05) is 6.07 Å². The fourth-order valence-electron chi connectivity index (χ4n) is 1.55. The van der Waals surface area contributed by atoms with Crippen molar-refractivity contribution in [3.8, 4) is 0 Å². The molecule has 0 radical (unpaired) electrons. The molecule has 0 saturated heterocycles. The summed E-state index contributed by atoms with van der Waals surface area (Å²) in [5.41, 5.74) is 1.36. The highest BCUT2D eigenvalue weighted by atomic mass is 32.2. The van der Waals surface area contributed by atoms with Crippen molar-refractivity contribution in [3.63, 3.8) is 0 Å². The van der Waals surface area contributed by atoms with Gasteiger partial charge in [0.15, 0.2) is 0 Å². The van der Waals surface area contributed by atoms with Crippen LogP contribution in [0, 0.1) is 0 Å². The third-order valence-corrected chi connectivity index (χ3v) is 3.40. The summed E-state index contributed by atoms with van der Waals surface area (Å²) >= 11 is 0. The minimum Gasteiger partial charge on any atom is -0.314 e. The normalized spacial score (nSPS) is 14.6. The third kappa shape index (κ3) is 6.03. The SMILES string of the molecule is CC(CCS(C)=O)NCCc1ccccc1. The first kappa shape index (κ1) is 13.4. The molecular weight excluding hydrogens is 218 g/mol. The zero-order valence-corrected chi connectivity index (χ0v) is 10.9. The predicted octanol–water partition coefficient (Wildman–Crippen LogP) is 1.98. The van der Waals surface area contributed by atoms with Crippen molar-refractivity contribution >= 4 is 10.8 Å². The van der Waals surface area contributed by atoms with Gasteiger partial charge in [0.05, 0.1) is 0 Å². The van der Waals surface area contributed by atoms with Gasteiger partial charge in [-0.1, -0.05) is 30.3 Å². The molecule has 1 aromatic rings. The van der Waals surface area contributed by atoms with Gasteiger partial charge in [-0.15, -0.1) is 0 Å². The first-order chi connectivity index (χ1) is 7.68. The van der Waals surface area contributed by atoms with Crippen LogP contribution in [0.1, 0.15) is 18.9 Å². The topological polar surface area (TPSA) is 29.1 Å². The Bertz CT molecular complexity index is 313. The molecule has 0 heterocycles. The van der Waals surface area contributed by atoms with E-state index >= 15 is 0 Å². The van der Waals surface area contributed by atoms with Gasteiger partial charge in [-0.05, 0) is 31.9 Å². The molecule has 0 spiro atoms. The number of rotatable bonds is 7. The molecule has 3 heteroatoms. The molecule has 0 amide bonds. The van der Waals surface area contributed by atoms with Gasteiger partial charge in [-0.25, -0.2) is 0 Å². The van der Waals surface area contributed by atoms with Crippen molar-refractivity contribution in [2.24, 2.45) is 0 Å². The summed E-state index contributed by atoms with van der Waals surface area (Å²) in [5.74, 6) is 0.791. The van der Waals surface area contributed by atoms with Gasteiger partial charge in [-0.3, -0.25) is 4.21 Å². The van der Waals surface area contributed by atoms with Gasteiger partial charge < -0.3 is 5.32 Å². The second-order valence-corrected chi connectivity index (χ2v) is 5.71. The van der Waals surface area contributed by atoms with Gasteiger partial charge in [0.25, 0.3) is 0 Å². The van der Waals surface area contributed by atoms with E-state index in [-0.39, 0.29) is 0 Å². The van der Waals surface area contributed by atoms with Crippen molar-refractivity contribution in [1.82, 2.24) is 5.32 Å². The van der Waals surface area contributed by atoms with Gasteiger partial charge in [0, 0.05) is 28.9 Å². The highest BCUT2D eigenvalue weighted by Gasteiger charge is 2.02. The van der Waals surface area contributed by atoms with Crippen LogP contribution in [0.15, 0.2) is 30.3 Å². The summed E-state index contributed by atoms with van der Waals surface area (Å²) in [7, 11) is -0.668. The predicted molar refractivity (Wildman–Crippen MR) is 71.2 cm³/mol. The van der Waals surface area contributed by atoms with Crippen LogP contribution in [0.5, 0.6) is 0 Å². The van der Waals surface area contributed by atoms with E-state index in [0.29, 0.717) is 6.04 Å². The Morgan fingerprint density at radius 1 is 1.31 bits per heavy atom. The van der Waals surface area contributed by atoms with Crippen LogP contribution < -0.4 is 5.32 Å². The van der Waals surface area contributed by atoms with Crippen LogP contribution in [0.3, 0.4) is 0 Å². The minimum atomic E-state index is -0.668. The Morgan fingerprint density at radius 3 is 2.62 bits per heavy atom. The summed E-state index contributed by atoms with van der Waals surface area (Å²) in [5, 5.41) is 3.45. The molecule has 2 nitrogen and oxygen atoms in total. The van der Waals surface area contributed by atoms with Gasteiger partial charge in [0.2, 0.25) is 0 Å². The van der Waals surface area contributed by atoms with E-state index in [1.54, 1.807) is 6.26 Å². The molecule has 0 saturated carbocycles. The van der Waals surface area contributed by atoms with E-state index < -0.39 is 10.8 Å². The van der Waals surface area contributed by atoms with E-state index in [1.165, 1.54) is 5.56 Å². The average Bonchev–Trinajstić information content (AvgIpc) is 2.28. The van der Waals surface area contributed by atoms with E-state index in [0.717, 1.165) is 25.1 Å². The Morgan fingerprint density at radius 2 is 2.00 bits per heavy atom. The Balaban J connectivity index is 2.13. The molecule has 1 aromatic carbocycles. The molecule has 0 aromatic heterocycles. The van der Waals surface area contributed by atoms with Crippen molar-refractivity contribution in [2.75, 3.05) is 18.6 Å². The van der Waals surface area contributed by atoms with Crippen LogP contribution in [0.25, 0.3) is 0 Å². The highest BCUT2D eigenvalue weighted by molar-refractivity contribution is 7.84. The van der Waals surface area contributed by atoms with E-state index in [4.69, 9.17) is 0 Å². The van der Waals surface area contributed by atoms with Crippen LogP contribution >= 0.6 is 0 Å². The molecule has 0 bridgehead atoms. The van der Waals surface area contributed by atoms with E-state index in [2.05, 4.69) is 36.5 Å². The molecular formula is C13H21NOS. The fraction of sp³-hybridized carbons (Fsp3) is 0.538. The number of nitrogens with one attached hydrogen (secondary N) is 1. The number of hydrogen-bond acceptors (Lipinski definition) is 2. The minimum absolute atomic E-state index is 0.451. The second-order valence-electron chi connectivity index (χ2n) is 4.16. The van der Waals surface area contributed by atoms with Crippen molar-refractivity contribution < 1.29 is 4.21 Å². The maximum atomic E-state index is 10.9. The Kier molecular flexibility index (Phi) is 6.34. The van der Waals surface area contributed by atoms with Gasteiger partial charge >= 0.3 is 0 Å². The Labute approximate surface area is 101 Å². The van der Waals surface area contributed by atoms with Crippen LogP contribution in [-0.4, -0.2) is 28.8 Å². The summed E-state index contributed by atoms with van der Waals surface area (Å²) in [6.07, 6.45) is 3.80. The van der Waals surface area contributed by atoms with Crippen LogP contribution in [0.2, 0.25) is 0 Å². The van der Waals surface area contributed by atoms with Crippen molar-refractivity contribution in [2.45, 2.75) is 25.8 Å². The van der Waals surface area contributed by atoms with Gasteiger partial charge in [-0.2, -0.15) is 0 Å². The molecule has 2 unspecified atom stereocenters. The number of benzene rings is 1. The molecule has 1 rings (SSSR count). The van der Waals surface area contributed by atoms with Crippen molar-refractivity contribution in [1.29, 1.82) is 0 Å². The molecule has 0 fully saturated rings. The fourth-order valence-corrected chi connectivity index (χ4v) is 2.24. The highest BCUT2D eigenvalue weighted by Crippen LogP contribution is 1.99. The quantitative estimate of drug-likeness (QED) is 0.788. The summed E-state index contributed by atoms with van der Waals surface area (Å²) in [4.78, 5) is 0. The summed E-state index contributed by atoms with van der Waals surface area (Å²) in [6, 6.07) is 10.9. The summed E-state index contributed by atoms with van der Waals surface area (Å²) < 4.78 is 10.9. The zero-order chi connectivity index (χ0) is 11.8. The second kappa shape index (κ2) is 7.58. The maximum Gasteiger partial charge on any atom is 0.0246 e. The molecule has 1 N–H and O–H groups in total. The Hall–Kier alpha value is -0.670. The molecule has 0 aliphatic rings. The smallest absolute Gasteiger partial charge is 0.0246 e. The lowest BCUT2D eigenvalue weighted by Gasteiger charge is -2.12. The zero-order valence-electron chi connectivity index (χ0n) is 10.1. The van der Waals surface area contributed by atoms with Crippen LogP contribution in [-0.2, 0) is 17.2 Å². The monoisotopic (exact) mass is 239 g/mol. The third-order valence-electron chi connectivity index (χ3n) is 2.59. The first-order valence-electron chi connectivity index (χ1n) is 5.76. The van der Waals surface area contributed by atoms with Gasteiger partial charge in [0.1, 0.15) is 0 Å². The first-order valence-corrected chi connectivity index (χ1v) is 7.48. The van der Waals surface area contributed by atoms with E-state index in [9.17, 15) is 4.21 Å². The lowest BCUT2D eigenvalue weighted by atomic mass is 10.1. The molecule has 16 heavy (non-hydrogen) atoms. The standard InChI is InChI=1S/C13H21NOS/c1-12(9-11-16(2)15)14-10-8-13-6-4-3-5-7-13/h3-7,12,14H,8-11H2,1-2H3. The molecule has 90 valence electrons. The largest absolute Gasteiger partial charge is 0.314 e. The lowest BCUT2D eigenvalue weighted by molar-refractivity contribution is 0.538. The lowest BCUT2D eigenvalue weighted by Crippen LogP contribution is -2.29.